The van der Waals surface area contributed by atoms with Gasteiger partial charge in [-0.25, -0.2) is 9.37 Å². The van der Waals surface area contributed by atoms with Crippen LogP contribution in [0.1, 0.15) is 50.4 Å². The van der Waals surface area contributed by atoms with Crippen molar-refractivity contribution in [3.8, 4) is 0 Å². The molecule has 6 nitrogen and oxygen atoms in total. The molecule has 3 rings (SSSR count). The van der Waals surface area contributed by atoms with Crippen molar-refractivity contribution in [3.63, 3.8) is 0 Å². The van der Waals surface area contributed by atoms with Crippen molar-refractivity contribution in [3.05, 3.63) is 57.8 Å². The van der Waals surface area contributed by atoms with Crippen molar-refractivity contribution >= 4 is 11.9 Å². The van der Waals surface area contributed by atoms with E-state index < -0.39 is 0 Å². The zero-order chi connectivity index (χ0) is 20.1. The van der Waals surface area contributed by atoms with E-state index in [0.717, 1.165) is 31.5 Å². The molecule has 1 fully saturated rings. The van der Waals surface area contributed by atoms with E-state index >= 15 is 0 Å². The molecule has 1 saturated heterocycles. The van der Waals surface area contributed by atoms with E-state index in [1.165, 1.54) is 18.2 Å². The summed E-state index contributed by atoms with van der Waals surface area (Å²) in [5.41, 5.74) is 1.17. The lowest BCUT2D eigenvalue weighted by atomic mass is 10.0. The number of nitrogens with one attached hydrogen (secondary N) is 2. The Balaban J connectivity index is 1.85. The molecule has 1 aliphatic rings. The average molecular weight is 386 g/mol. The highest BCUT2D eigenvalue weighted by atomic mass is 19.1. The van der Waals surface area contributed by atoms with Gasteiger partial charge in [0.25, 0.3) is 5.56 Å². The van der Waals surface area contributed by atoms with Crippen LogP contribution in [0.5, 0.6) is 0 Å². The van der Waals surface area contributed by atoms with Crippen molar-refractivity contribution in [2.24, 2.45) is 5.92 Å². The van der Waals surface area contributed by atoms with Gasteiger partial charge in [-0.3, -0.25) is 14.6 Å². The normalized spacial score (nSPS) is 15.1. The minimum atomic E-state index is -0.382. The van der Waals surface area contributed by atoms with Gasteiger partial charge in [-0.15, -0.1) is 0 Å². The Kier molecular flexibility index (Phi) is 6.44. The second-order valence-electron chi connectivity index (χ2n) is 7.73. The summed E-state index contributed by atoms with van der Waals surface area (Å²) in [6, 6.07) is 7.14. The predicted molar refractivity (Wildman–Crippen MR) is 107 cm³/mol. The number of carbonyl (C=O) groups excluding carboxylic acids is 1. The number of aromatic amines is 1. The van der Waals surface area contributed by atoms with Crippen LogP contribution >= 0.6 is 0 Å². The predicted octanol–water partition coefficient (Wildman–Crippen LogP) is 2.96. The third kappa shape index (κ3) is 5.41. The number of nitrogens with zero attached hydrogens (tertiary/aromatic N) is 2. The number of hydrogen-bond acceptors (Lipinski definition) is 4. The van der Waals surface area contributed by atoms with Crippen molar-refractivity contribution in [1.29, 1.82) is 0 Å². The van der Waals surface area contributed by atoms with Crippen molar-refractivity contribution < 1.29 is 9.18 Å². The fourth-order valence-electron chi connectivity index (χ4n) is 3.46. The van der Waals surface area contributed by atoms with Gasteiger partial charge in [0.05, 0.1) is 11.7 Å². The largest absolute Gasteiger partial charge is 0.349 e. The first kappa shape index (κ1) is 20.0. The van der Waals surface area contributed by atoms with E-state index in [4.69, 9.17) is 0 Å². The zero-order valence-electron chi connectivity index (χ0n) is 16.4. The molecule has 2 aromatic rings. The van der Waals surface area contributed by atoms with Gasteiger partial charge in [0.2, 0.25) is 11.9 Å². The molecule has 2 heterocycles. The lowest BCUT2D eigenvalue weighted by Crippen LogP contribution is -2.31. The van der Waals surface area contributed by atoms with Crippen molar-refractivity contribution in [2.45, 2.75) is 45.6 Å². The number of rotatable bonds is 7. The van der Waals surface area contributed by atoms with E-state index in [9.17, 15) is 14.0 Å². The van der Waals surface area contributed by atoms with Gasteiger partial charge in [-0.1, -0.05) is 26.0 Å². The van der Waals surface area contributed by atoms with Gasteiger partial charge in [0.1, 0.15) is 5.82 Å². The molecular formula is C21H27FN4O2. The molecule has 2 N–H and O–H groups in total. The first-order chi connectivity index (χ1) is 13.4. The summed E-state index contributed by atoms with van der Waals surface area (Å²) in [6.45, 7) is 5.71. The number of anilines is 1. The first-order valence-electron chi connectivity index (χ1n) is 9.80. The van der Waals surface area contributed by atoms with Crippen LogP contribution < -0.4 is 15.8 Å². The van der Waals surface area contributed by atoms with Crippen LogP contribution in [-0.2, 0) is 11.2 Å². The number of benzene rings is 1. The third-order valence-electron chi connectivity index (χ3n) is 4.80. The molecule has 7 heteroatoms. The molecule has 0 unspecified atom stereocenters. The van der Waals surface area contributed by atoms with Crippen LogP contribution in [0, 0.1) is 11.7 Å². The molecule has 0 bridgehead atoms. The molecule has 1 aromatic heterocycles. The molecular weight excluding hydrogens is 359 g/mol. The monoisotopic (exact) mass is 386 g/mol. The molecule has 0 saturated carbocycles. The lowest BCUT2D eigenvalue weighted by molar-refractivity contribution is -0.122. The minimum Gasteiger partial charge on any atom is -0.349 e. The van der Waals surface area contributed by atoms with E-state index in [2.05, 4.69) is 20.2 Å². The second-order valence-corrected chi connectivity index (χ2v) is 7.73. The molecule has 1 atom stereocenters. The molecule has 1 amide bonds. The average Bonchev–Trinajstić information content (AvgIpc) is 3.15. The van der Waals surface area contributed by atoms with E-state index in [0.29, 0.717) is 24.5 Å². The maximum Gasteiger partial charge on any atom is 0.252 e. The standard InChI is InChI=1S/C21H27FN4O2/c1-14(2)11-19(27)24-18(15-5-7-16(22)8-6-15)12-17-13-20(28)25-21(23-17)26-9-3-4-10-26/h5-8,13-14,18H,3-4,9-12H2,1-2H3,(H,24,27)(H,23,25,28)/t18-/m1/s1. The smallest absolute Gasteiger partial charge is 0.252 e. The molecule has 150 valence electrons. The van der Waals surface area contributed by atoms with E-state index in [-0.39, 0.29) is 29.2 Å². The van der Waals surface area contributed by atoms with Crippen molar-refractivity contribution in [2.75, 3.05) is 18.0 Å². The Hall–Kier alpha value is -2.70. The Morgan fingerprint density at radius 3 is 2.57 bits per heavy atom. The van der Waals surface area contributed by atoms with Crippen LogP contribution in [0.25, 0.3) is 0 Å². The van der Waals surface area contributed by atoms with Gasteiger partial charge in [-0.2, -0.15) is 0 Å². The van der Waals surface area contributed by atoms with E-state index in [1.807, 2.05) is 13.8 Å². The van der Waals surface area contributed by atoms with Crippen LogP contribution in [0.4, 0.5) is 10.3 Å². The SMILES string of the molecule is CC(C)CC(=O)N[C@H](Cc1cc(=O)[nH]c(N2CCCC2)n1)c1ccc(F)cc1. The topological polar surface area (TPSA) is 78.1 Å². The van der Waals surface area contributed by atoms with Crippen LogP contribution in [0.15, 0.2) is 35.1 Å². The summed E-state index contributed by atoms with van der Waals surface area (Å²) in [5.74, 6) is 0.398. The minimum absolute atomic E-state index is 0.0751. The van der Waals surface area contributed by atoms with Crippen LogP contribution in [0.3, 0.4) is 0 Å². The Bertz CT molecular complexity index is 857. The Labute approximate surface area is 164 Å². The molecule has 1 aromatic carbocycles. The maximum atomic E-state index is 13.3. The van der Waals surface area contributed by atoms with Gasteiger partial charge >= 0.3 is 0 Å². The molecule has 0 aliphatic carbocycles. The number of aromatic nitrogens is 2. The quantitative estimate of drug-likeness (QED) is 0.767. The van der Waals surface area contributed by atoms with Crippen molar-refractivity contribution in [1.82, 2.24) is 15.3 Å². The van der Waals surface area contributed by atoms with Gasteiger partial charge in [-0.05, 0) is 36.5 Å². The van der Waals surface area contributed by atoms with E-state index in [1.54, 1.807) is 12.1 Å². The molecule has 0 spiro atoms. The number of amides is 1. The van der Waals surface area contributed by atoms with Crippen LogP contribution in [0.2, 0.25) is 0 Å². The maximum absolute atomic E-state index is 13.3. The summed E-state index contributed by atoms with van der Waals surface area (Å²) < 4.78 is 13.3. The molecule has 0 radical (unpaired) electrons. The highest BCUT2D eigenvalue weighted by Crippen LogP contribution is 2.20. The van der Waals surface area contributed by atoms with Gasteiger partial charge in [0.15, 0.2) is 0 Å². The Morgan fingerprint density at radius 2 is 1.93 bits per heavy atom. The summed E-state index contributed by atoms with van der Waals surface area (Å²) in [5, 5.41) is 3.01. The third-order valence-corrected chi connectivity index (χ3v) is 4.80. The first-order valence-corrected chi connectivity index (χ1v) is 9.80. The number of carbonyl (C=O) groups is 1. The fraction of sp³-hybridized carbons (Fsp3) is 0.476. The lowest BCUT2D eigenvalue weighted by Gasteiger charge is -2.21. The summed E-state index contributed by atoms with van der Waals surface area (Å²) in [7, 11) is 0. The van der Waals surface area contributed by atoms with Gasteiger partial charge < -0.3 is 10.2 Å². The number of hydrogen-bond donors (Lipinski definition) is 2. The fourth-order valence-corrected chi connectivity index (χ4v) is 3.46. The summed E-state index contributed by atoms with van der Waals surface area (Å²) >= 11 is 0. The molecule has 1 aliphatic heterocycles. The molecule has 28 heavy (non-hydrogen) atoms. The van der Waals surface area contributed by atoms with Crippen LogP contribution in [-0.4, -0.2) is 29.0 Å². The zero-order valence-corrected chi connectivity index (χ0v) is 16.4. The summed E-state index contributed by atoms with van der Waals surface area (Å²) in [4.78, 5) is 34.0. The number of H-pyrrole nitrogens is 1. The highest BCUT2D eigenvalue weighted by Gasteiger charge is 2.20. The second kappa shape index (κ2) is 8.99. The van der Waals surface area contributed by atoms with Gasteiger partial charge in [0, 0.05) is 32.0 Å². The summed E-state index contributed by atoms with van der Waals surface area (Å²) in [6.07, 6.45) is 2.93. The Morgan fingerprint density at radius 1 is 1.25 bits per heavy atom. The number of halogens is 1. The highest BCUT2D eigenvalue weighted by molar-refractivity contribution is 5.76.